The maximum Gasteiger partial charge on any atom is 0.123 e. The zero-order valence-corrected chi connectivity index (χ0v) is 14.3. The molecule has 2 aliphatic heterocycles. The van der Waals surface area contributed by atoms with E-state index in [0.717, 1.165) is 38.5 Å². The molecule has 130 valence electrons. The molecule has 0 N–H and O–H groups in total. The third-order valence-corrected chi connectivity index (χ3v) is 4.89. The van der Waals surface area contributed by atoms with E-state index in [1.54, 1.807) is 12.1 Å². The summed E-state index contributed by atoms with van der Waals surface area (Å²) >= 11 is 0. The van der Waals surface area contributed by atoms with Gasteiger partial charge in [0.25, 0.3) is 0 Å². The van der Waals surface area contributed by atoms with Gasteiger partial charge in [0.2, 0.25) is 0 Å². The first-order chi connectivity index (χ1) is 12.3. The first kappa shape index (κ1) is 16.2. The topological polar surface area (TPSA) is 15.7 Å². The molecule has 2 heterocycles. The van der Waals surface area contributed by atoms with Crippen LogP contribution in [0.1, 0.15) is 5.56 Å². The lowest BCUT2D eigenvalue weighted by Crippen LogP contribution is -2.43. The smallest absolute Gasteiger partial charge is 0.123 e. The minimum absolute atomic E-state index is 0.231. The summed E-state index contributed by atoms with van der Waals surface area (Å²) in [5.74, 6) is 0.901. The predicted octanol–water partition coefficient (Wildman–Crippen LogP) is 3.54. The fourth-order valence-corrected chi connectivity index (χ4v) is 3.60. The van der Waals surface area contributed by atoms with Crippen molar-refractivity contribution in [3.8, 4) is 5.75 Å². The molecule has 1 saturated heterocycles. The first-order valence-corrected chi connectivity index (χ1v) is 8.86. The fraction of sp³-hybridized carbons (Fsp3) is 0.333. The van der Waals surface area contributed by atoms with Gasteiger partial charge in [-0.25, -0.2) is 4.39 Å². The van der Waals surface area contributed by atoms with Crippen molar-refractivity contribution in [1.82, 2.24) is 9.80 Å². The number of nitrogens with zero attached hydrogens (tertiary/aromatic N) is 2. The van der Waals surface area contributed by atoms with Gasteiger partial charge in [0.05, 0.1) is 6.61 Å². The van der Waals surface area contributed by atoms with Gasteiger partial charge in [-0.2, -0.15) is 0 Å². The Balaban J connectivity index is 1.32. The highest BCUT2D eigenvalue weighted by Gasteiger charge is 2.28. The summed E-state index contributed by atoms with van der Waals surface area (Å²) < 4.78 is 18.8. The molecule has 2 aromatic rings. The van der Waals surface area contributed by atoms with Gasteiger partial charge >= 0.3 is 0 Å². The number of ether oxygens (including phenoxy) is 1. The quantitative estimate of drug-likeness (QED) is 0.829. The molecule has 1 unspecified atom stereocenters. The molecular weight excluding hydrogens is 315 g/mol. The molecular formula is C21H23FN2O. The van der Waals surface area contributed by atoms with E-state index < -0.39 is 0 Å². The summed E-state index contributed by atoms with van der Waals surface area (Å²) in [5, 5.41) is 0. The van der Waals surface area contributed by atoms with Gasteiger partial charge in [-0.05, 0) is 29.8 Å². The van der Waals surface area contributed by atoms with Crippen LogP contribution in [0.2, 0.25) is 0 Å². The molecule has 0 aromatic heterocycles. The molecule has 0 spiro atoms. The average Bonchev–Trinajstić information content (AvgIpc) is 3.04. The van der Waals surface area contributed by atoms with Crippen LogP contribution in [-0.2, 0) is 6.54 Å². The number of piperazine rings is 1. The third-order valence-electron chi connectivity index (χ3n) is 4.89. The molecule has 1 atom stereocenters. The summed E-state index contributed by atoms with van der Waals surface area (Å²) in [5.41, 5.74) is 2.78. The van der Waals surface area contributed by atoms with E-state index in [4.69, 9.17) is 4.74 Å². The maximum absolute atomic E-state index is 12.9. The molecule has 3 nitrogen and oxygen atoms in total. The zero-order chi connectivity index (χ0) is 17.1. The molecule has 25 heavy (non-hydrogen) atoms. The van der Waals surface area contributed by atoms with Gasteiger partial charge < -0.3 is 9.64 Å². The normalized spacial score (nSPS) is 20.3. The monoisotopic (exact) mass is 338 g/mol. The van der Waals surface area contributed by atoms with Crippen LogP contribution in [0.5, 0.6) is 5.75 Å². The minimum atomic E-state index is -0.231. The van der Waals surface area contributed by atoms with Crippen LogP contribution in [-0.4, -0.2) is 42.6 Å². The molecule has 0 amide bonds. The van der Waals surface area contributed by atoms with E-state index in [2.05, 4.69) is 46.2 Å². The van der Waals surface area contributed by atoms with Crippen molar-refractivity contribution in [1.29, 1.82) is 0 Å². The molecule has 2 aromatic carbocycles. The van der Waals surface area contributed by atoms with Crippen molar-refractivity contribution in [3.63, 3.8) is 0 Å². The molecule has 0 bridgehead atoms. The standard InChI is InChI=1S/C21H23FN2O/c22-19-6-8-21(9-7-19)25-16-18-12-20-15-23(10-11-24(20)14-18)13-17-4-2-1-3-5-17/h1-9,12,18H,10-11,13-16H2. The maximum atomic E-state index is 12.9. The number of halogens is 1. The third kappa shape index (κ3) is 4.02. The Hall–Kier alpha value is -2.33. The van der Waals surface area contributed by atoms with Crippen LogP contribution >= 0.6 is 0 Å². The van der Waals surface area contributed by atoms with Gasteiger partial charge in [-0.1, -0.05) is 36.4 Å². The van der Waals surface area contributed by atoms with E-state index in [0.29, 0.717) is 12.5 Å². The Morgan fingerprint density at radius 2 is 1.80 bits per heavy atom. The van der Waals surface area contributed by atoms with Crippen LogP contribution in [0.25, 0.3) is 0 Å². The molecule has 0 aliphatic carbocycles. The lowest BCUT2D eigenvalue weighted by molar-refractivity contribution is 0.169. The fourth-order valence-electron chi connectivity index (χ4n) is 3.60. The summed E-state index contributed by atoms with van der Waals surface area (Å²) in [7, 11) is 0. The zero-order valence-electron chi connectivity index (χ0n) is 14.3. The van der Waals surface area contributed by atoms with Crippen LogP contribution in [0, 0.1) is 11.7 Å². The molecule has 0 radical (unpaired) electrons. The van der Waals surface area contributed by atoms with E-state index in [1.165, 1.54) is 23.4 Å². The second-order valence-electron chi connectivity index (χ2n) is 6.83. The minimum Gasteiger partial charge on any atom is -0.493 e. The van der Waals surface area contributed by atoms with Crippen LogP contribution < -0.4 is 4.74 Å². The highest BCUT2D eigenvalue weighted by atomic mass is 19.1. The Morgan fingerprint density at radius 1 is 1.00 bits per heavy atom. The average molecular weight is 338 g/mol. The predicted molar refractivity (Wildman–Crippen MR) is 96.8 cm³/mol. The van der Waals surface area contributed by atoms with Crippen LogP contribution in [0.4, 0.5) is 4.39 Å². The Kier molecular flexibility index (Phi) is 4.70. The van der Waals surface area contributed by atoms with Gasteiger partial charge in [-0.3, -0.25) is 4.90 Å². The molecule has 1 fully saturated rings. The largest absolute Gasteiger partial charge is 0.493 e. The summed E-state index contributed by atoms with van der Waals surface area (Å²) in [6, 6.07) is 16.9. The summed E-state index contributed by atoms with van der Waals surface area (Å²) in [4.78, 5) is 4.97. The van der Waals surface area contributed by atoms with Crippen molar-refractivity contribution >= 4 is 0 Å². The lowest BCUT2D eigenvalue weighted by Gasteiger charge is -2.35. The number of benzene rings is 2. The first-order valence-electron chi connectivity index (χ1n) is 8.86. The summed E-state index contributed by atoms with van der Waals surface area (Å²) in [6.45, 7) is 5.84. The van der Waals surface area contributed by atoms with Crippen molar-refractivity contribution in [2.75, 3.05) is 32.8 Å². The second kappa shape index (κ2) is 7.28. The second-order valence-corrected chi connectivity index (χ2v) is 6.83. The Labute approximate surface area is 148 Å². The molecule has 0 saturated carbocycles. The van der Waals surface area contributed by atoms with E-state index in [-0.39, 0.29) is 5.82 Å². The van der Waals surface area contributed by atoms with Crippen molar-refractivity contribution in [2.24, 2.45) is 5.92 Å². The summed E-state index contributed by atoms with van der Waals surface area (Å²) in [6.07, 6.45) is 2.35. The van der Waals surface area contributed by atoms with Crippen molar-refractivity contribution in [2.45, 2.75) is 6.54 Å². The lowest BCUT2D eigenvalue weighted by atomic mass is 10.1. The Bertz CT molecular complexity index is 729. The van der Waals surface area contributed by atoms with E-state index in [1.807, 2.05) is 0 Å². The SMILES string of the molecule is Fc1ccc(OCC2C=C3CN(Cc4ccccc4)CCN3C2)cc1. The van der Waals surface area contributed by atoms with E-state index in [9.17, 15) is 4.39 Å². The number of hydrogen-bond acceptors (Lipinski definition) is 3. The molecule has 4 rings (SSSR count). The van der Waals surface area contributed by atoms with Gasteiger partial charge in [-0.15, -0.1) is 0 Å². The number of hydrogen-bond donors (Lipinski definition) is 0. The van der Waals surface area contributed by atoms with E-state index >= 15 is 0 Å². The van der Waals surface area contributed by atoms with Crippen molar-refractivity contribution in [3.05, 3.63) is 77.8 Å². The highest BCUT2D eigenvalue weighted by molar-refractivity contribution is 5.23. The van der Waals surface area contributed by atoms with Gasteiger partial charge in [0.1, 0.15) is 11.6 Å². The number of fused-ring (bicyclic) bond motifs is 1. The molecule has 4 heteroatoms. The van der Waals surface area contributed by atoms with Gasteiger partial charge in [0.15, 0.2) is 0 Å². The van der Waals surface area contributed by atoms with Crippen LogP contribution in [0.15, 0.2) is 66.4 Å². The van der Waals surface area contributed by atoms with Crippen molar-refractivity contribution < 1.29 is 9.13 Å². The number of rotatable bonds is 5. The highest BCUT2D eigenvalue weighted by Crippen LogP contribution is 2.25. The van der Waals surface area contributed by atoms with Crippen LogP contribution in [0.3, 0.4) is 0 Å². The molecule has 2 aliphatic rings. The van der Waals surface area contributed by atoms with Gasteiger partial charge in [0, 0.05) is 44.3 Å². The Morgan fingerprint density at radius 3 is 2.60 bits per heavy atom.